The highest BCUT2D eigenvalue weighted by Crippen LogP contribution is 2.31. The van der Waals surface area contributed by atoms with Gasteiger partial charge in [0.15, 0.2) is 0 Å². The van der Waals surface area contributed by atoms with E-state index in [-0.39, 0.29) is 0 Å². The average molecular weight is 458 g/mol. The van der Waals surface area contributed by atoms with Crippen LogP contribution in [0, 0.1) is 16.4 Å². The molecular weight excluding hydrogens is 432 g/mol. The van der Waals surface area contributed by atoms with Gasteiger partial charge in [0.05, 0.1) is 25.4 Å². The first-order valence-corrected chi connectivity index (χ1v) is 11.3. The summed E-state index contributed by atoms with van der Waals surface area (Å²) in [6, 6.07) is 12.5. The molecule has 2 aliphatic rings. The maximum Gasteiger partial charge on any atom is 0.226 e. The third-order valence-corrected chi connectivity index (χ3v) is 6.41. The molecule has 0 atom stereocenters. The summed E-state index contributed by atoms with van der Waals surface area (Å²) in [6.45, 7) is 4.33. The zero-order valence-electron chi connectivity index (χ0n) is 17.7. The number of aromatic nitrogens is 3. The number of halogens is 2. The van der Waals surface area contributed by atoms with Crippen LogP contribution in [0.2, 0.25) is 0 Å². The SMILES string of the molecule is Fc1cc(F)c2c(c1)CCCN2Cn1nc(N2CCOCC2)n(Cc2ccccc2)c1=S. The summed E-state index contributed by atoms with van der Waals surface area (Å²) in [5.74, 6) is -0.288. The van der Waals surface area contributed by atoms with Crippen molar-refractivity contribution in [2.45, 2.75) is 26.1 Å². The summed E-state index contributed by atoms with van der Waals surface area (Å²) >= 11 is 5.83. The molecule has 3 heterocycles. The highest BCUT2D eigenvalue weighted by atomic mass is 32.1. The summed E-state index contributed by atoms with van der Waals surface area (Å²) < 4.78 is 38.3. The molecule has 32 heavy (non-hydrogen) atoms. The van der Waals surface area contributed by atoms with Crippen LogP contribution < -0.4 is 9.80 Å². The molecule has 0 aliphatic carbocycles. The third-order valence-electron chi connectivity index (χ3n) is 5.98. The van der Waals surface area contributed by atoms with E-state index in [1.165, 1.54) is 6.07 Å². The van der Waals surface area contributed by atoms with Crippen LogP contribution in [0.5, 0.6) is 0 Å². The standard InChI is InChI=1S/C23H25F2N5OS/c24-19-13-18-7-4-8-28(21(18)20(25)14-19)16-30-23(32)29(15-17-5-2-1-3-6-17)22(26-30)27-9-11-31-12-10-27/h1-3,5-6,13-14H,4,7-12,15-16H2. The Labute approximate surface area is 190 Å². The number of aryl methyl sites for hydroxylation is 1. The van der Waals surface area contributed by atoms with Crippen molar-refractivity contribution in [1.29, 1.82) is 0 Å². The maximum atomic E-state index is 14.7. The van der Waals surface area contributed by atoms with Gasteiger partial charge >= 0.3 is 0 Å². The minimum Gasteiger partial charge on any atom is -0.378 e. The molecule has 1 aromatic heterocycles. The molecule has 168 valence electrons. The molecule has 5 rings (SSSR count). The lowest BCUT2D eigenvalue weighted by Gasteiger charge is -2.31. The van der Waals surface area contributed by atoms with Crippen LogP contribution in [-0.4, -0.2) is 47.2 Å². The molecule has 0 bridgehead atoms. The van der Waals surface area contributed by atoms with Crippen LogP contribution in [-0.2, 0) is 24.4 Å². The first-order valence-electron chi connectivity index (χ1n) is 10.9. The molecule has 1 fully saturated rings. The molecule has 9 heteroatoms. The lowest BCUT2D eigenvalue weighted by atomic mass is 10.0. The van der Waals surface area contributed by atoms with E-state index in [1.54, 1.807) is 4.68 Å². The van der Waals surface area contributed by atoms with Crippen molar-refractivity contribution in [3.8, 4) is 0 Å². The number of ether oxygens (including phenoxy) is 1. The fraction of sp³-hybridized carbons (Fsp3) is 0.391. The van der Waals surface area contributed by atoms with E-state index < -0.39 is 11.6 Å². The van der Waals surface area contributed by atoms with Crippen LogP contribution in [0.25, 0.3) is 0 Å². The fourth-order valence-electron chi connectivity index (χ4n) is 4.46. The summed E-state index contributed by atoms with van der Waals surface area (Å²) in [4.78, 5) is 4.09. The number of benzene rings is 2. The largest absolute Gasteiger partial charge is 0.378 e. The van der Waals surface area contributed by atoms with Gasteiger partial charge in [-0.3, -0.25) is 4.57 Å². The molecule has 2 aromatic carbocycles. The molecule has 0 N–H and O–H groups in total. The summed E-state index contributed by atoms with van der Waals surface area (Å²) in [7, 11) is 0. The van der Waals surface area contributed by atoms with Crippen LogP contribution in [0.4, 0.5) is 20.4 Å². The zero-order chi connectivity index (χ0) is 22.1. The predicted octanol–water partition coefficient (Wildman–Crippen LogP) is 3.99. The Morgan fingerprint density at radius 2 is 1.81 bits per heavy atom. The van der Waals surface area contributed by atoms with Gasteiger partial charge in [0.1, 0.15) is 18.3 Å². The molecule has 0 amide bonds. The van der Waals surface area contributed by atoms with E-state index in [2.05, 4.69) is 17.0 Å². The van der Waals surface area contributed by atoms with Gasteiger partial charge in [-0.1, -0.05) is 30.3 Å². The highest BCUT2D eigenvalue weighted by Gasteiger charge is 2.25. The quantitative estimate of drug-likeness (QED) is 0.542. The van der Waals surface area contributed by atoms with Crippen molar-refractivity contribution >= 4 is 23.9 Å². The van der Waals surface area contributed by atoms with Gasteiger partial charge in [-0.2, -0.15) is 0 Å². The van der Waals surface area contributed by atoms with Crippen LogP contribution in [0.3, 0.4) is 0 Å². The number of anilines is 2. The summed E-state index contributed by atoms with van der Waals surface area (Å²) in [5.41, 5.74) is 2.27. The topological polar surface area (TPSA) is 38.5 Å². The molecule has 0 spiro atoms. The minimum absolute atomic E-state index is 0.313. The van der Waals surface area contributed by atoms with E-state index in [1.807, 2.05) is 27.7 Å². The Morgan fingerprint density at radius 3 is 2.59 bits per heavy atom. The van der Waals surface area contributed by atoms with E-state index in [9.17, 15) is 8.78 Å². The number of fused-ring (bicyclic) bond motifs is 1. The molecule has 0 unspecified atom stereocenters. The van der Waals surface area contributed by atoms with Gasteiger partial charge in [0, 0.05) is 25.7 Å². The van der Waals surface area contributed by atoms with Crippen molar-refractivity contribution in [3.63, 3.8) is 0 Å². The second kappa shape index (κ2) is 8.99. The van der Waals surface area contributed by atoms with Gasteiger partial charge < -0.3 is 14.5 Å². The maximum absolute atomic E-state index is 14.7. The Kier molecular flexibility index (Phi) is 5.93. The molecule has 0 saturated carbocycles. The second-order valence-electron chi connectivity index (χ2n) is 8.16. The lowest BCUT2D eigenvalue weighted by molar-refractivity contribution is 0.121. The lowest BCUT2D eigenvalue weighted by Crippen LogP contribution is -2.38. The summed E-state index contributed by atoms with van der Waals surface area (Å²) in [5, 5.41) is 4.85. The normalized spacial score (nSPS) is 16.3. The average Bonchev–Trinajstić information content (AvgIpc) is 3.10. The van der Waals surface area contributed by atoms with Crippen LogP contribution in [0.15, 0.2) is 42.5 Å². The summed E-state index contributed by atoms with van der Waals surface area (Å²) in [6.07, 6.45) is 1.48. The Bertz CT molecular complexity index is 1160. The van der Waals surface area contributed by atoms with Crippen molar-refractivity contribution < 1.29 is 13.5 Å². The van der Waals surface area contributed by atoms with Gasteiger partial charge in [0.2, 0.25) is 10.7 Å². The number of rotatable bonds is 5. The molecule has 0 radical (unpaired) electrons. The Morgan fingerprint density at radius 1 is 1.03 bits per heavy atom. The number of nitrogens with zero attached hydrogens (tertiary/aromatic N) is 5. The van der Waals surface area contributed by atoms with Crippen LogP contribution in [0.1, 0.15) is 17.5 Å². The first-order chi connectivity index (χ1) is 15.6. The molecule has 2 aliphatic heterocycles. The minimum atomic E-state index is -0.540. The molecule has 6 nitrogen and oxygen atoms in total. The van der Waals surface area contributed by atoms with Gasteiger partial charge in [0.25, 0.3) is 0 Å². The van der Waals surface area contributed by atoms with E-state index >= 15 is 0 Å². The Balaban J connectivity index is 1.51. The van der Waals surface area contributed by atoms with Gasteiger partial charge in [-0.25, -0.2) is 13.5 Å². The van der Waals surface area contributed by atoms with Crippen molar-refractivity contribution in [3.05, 3.63) is 70.0 Å². The number of hydrogen-bond donors (Lipinski definition) is 0. The van der Waals surface area contributed by atoms with Gasteiger partial charge in [-0.15, -0.1) is 5.10 Å². The third kappa shape index (κ3) is 4.14. The van der Waals surface area contributed by atoms with E-state index in [0.717, 1.165) is 37.1 Å². The Hall–Kier alpha value is -2.78. The molecular formula is C23H25F2N5OS. The molecule has 1 saturated heterocycles. The van der Waals surface area contributed by atoms with Crippen molar-refractivity contribution in [2.24, 2.45) is 0 Å². The van der Waals surface area contributed by atoms with Gasteiger partial charge in [-0.05, 0) is 42.3 Å². The first kappa shape index (κ1) is 21.1. The monoisotopic (exact) mass is 457 g/mol. The van der Waals surface area contributed by atoms with E-state index in [0.29, 0.717) is 55.4 Å². The van der Waals surface area contributed by atoms with Crippen molar-refractivity contribution in [1.82, 2.24) is 14.3 Å². The molecule has 3 aromatic rings. The van der Waals surface area contributed by atoms with E-state index in [4.69, 9.17) is 22.1 Å². The number of hydrogen-bond acceptors (Lipinski definition) is 5. The second-order valence-corrected chi connectivity index (χ2v) is 8.52. The zero-order valence-corrected chi connectivity index (χ0v) is 18.5. The van der Waals surface area contributed by atoms with Crippen molar-refractivity contribution in [2.75, 3.05) is 42.6 Å². The fourth-order valence-corrected chi connectivity index (χ4v) is 4.71. The predicted molar refractivity (Wildman–Crippen MR) is 122 cm³/mol. The number of morpholine rings is 1. The van der Waals surface area contributed by atoms with Crippen LogP contribution >= 0.6 is 12.2 Å². The smallest absolute Gasteiger partial charge is 0.226 e. The highest BCUT2D eigenvalue weighted by molar-refractivity contribution is 7.71.